The number of benzene rings is 1. The van der Waals surface area contributed by atoms with Gasteiger partial charge in [-0.25, -0.2) is 8.42 Å². The number of piperidine rings is 1. The van der Waals surface area contributed by atoms with Crippen molar-refractivity contribution in [1.29, 1.82) is 0 Å². The first-order chi connectivity index (χ1) is 9.29. The molecule has 0 spiro atoms. The van der Waals surface area contributed by atoms with Gasteiger partial charge in [0.2, 0.25) is 0 Å². The molecule has 1 saturated heterocycles. The van der Waals surface area contributed by atoms with Gasteiger partial charge in [0.25, 0.3) is 15.0 Å². The Balaban J connectivity index is 2.34. The van der Waals surface area contributed by atoms with E-state index in [1.165, 1.54) is 18.2 Å². The molecule has 0 N–H and O–H groups in total. The number of hydrogen-bond acceptors (Lipinski definition) is 3. The summed E-state index contributed by atoms with van der Waals surface area (Å²) in [5.41, 5.74) is 0.183. The van der Waals surface area contributed by atoms with Crippen LogP contribution in [0.4, 0.5) is 0 Å². The molecule has 1 unspecified atom stereocenters. The first kappa shape index (κ1) is 15.6. The van der Waals surface area contributed by atoms with Gasteiger partial charge in [0.1, 0.15) is 0 Å². The van der Waals surface area contributed by atoms with E-state index in [-0.39, 0.29) is 21.4 Å². The summed E-state index contributed by atoms with van der Waals surface area (Å²) in [6, 6.07) is 3.92. The number of carbonyl (C=O) groups is 1. The molecule has 2 rings (SSSR count). The van der Waals surface area contributed by atoms with Crippen molar-refractivity contribution in [2.75, 3.05) is 13.1 Å². The van der Waals surface area contributed by atoms with Crippen LogP contribution < -0.4 is 0 Å². The highest BCUT2D eigenvalue weighted by Gasteiger charge is 2.25. The van der Waals surface area contributed by atoms with E-state index in [0.29, 0.717) is 19.0 Å². The smallest absolute Gasteiger partial charge is 0.261 e. The van der Waals surface area contributed by atoms with Gasteiger partial charge in [0.15, 0.2) is 0 Å². The third-order valence-corrected chi connectivity index (χ3v) is 5.08. The molecule has 1 atom stereocenters. The Hall–Kier alpha value is -0.780. The summed E-state index contributed by atoms with van der Waals surface area (Å²) in [6.07, 6.45) is 2.03. The Kier molecular flexibility index (Phi) is 4.62. The fraction of sp³-hybridized carbons (Fsp3) is 0.462. The van der Waals surface area contributed by atoms with Crippen molar-refractivity contribution in [2.24, 2.45) is 5.92 Å². The maximum absolute atomic E-state index is 12.4. The SMILES string of the molecule is CC1CCCN(C(=O)c2cc(S(=O)(=O)Cl)ccc2Cl)C1. The molecule has 20 heavy (non-hydrogen) atoms. The van der Waals surface area contributed by atoms with Crippen molar-refractivity contribution in [3.8, 4) is 0 Å². The van der Waals surface area contributed by atoms with Crippen LogP contribution in [-0.2, 0) is 9.05 Å². The van der Waals surface area contributed by atoms with E-state index in [0.717, 1.165) is 12.8 Å². The second kappa shape index (κ2) is 5.92. The average molecular weight is 336 g/mol. The number of rotatable bonds is 2. The molecule has 1 aliphatic heterocycles. The van der Waals surface area contributed by atoms with Gasteiger partial charge < -0.3 is 4.90 Å². The van der Waals surface area contributed by atoms with E-state index in [4.69, 9.17) is 22.3 Å². The molecule has 7 heteroatoms. The van der Waals surface area contributed by atoms with Gasteiger partial charge in [-0.2, -0.15) is 0 Å². The molecular weight excluding hydrogens is 321 g/mol. The Labute approximate surface area is 128 Å². The topological polar surface area (TPSA) is 54.5 Å². The highest BCUT2D eigenvalue weighted by atomic mass is 35.7. The molecule has 0 aromatic heterocycles. The lowest BCUT2D eigenvalue weighted by atomic mass is 9.99. The molecule has 0 aliphatic carbocycles. The van der Waals surface area contributed by atoms with Gasteiger partial charge in [-0.15, -0.1) is 0 Å². The Morgan fingerprint density at radius 1 is 1.40 bits per heavy atom. The maximum Gasteiger partial charge on any atom is 0.261 e. The van der Waals surface area contributed by atoms with Gasteiger partial charge in [-0.1, -0.05) is 18.5 Å². The quantitative estimate of drug-likeness (QED) is 0.780. The maximum atomic E-state index is 12.4. The summed E-state index contributed by atoms with van der Waals surface area (Å²) < 4.78 is 22.7. The number of nitrogens with zero attached hydrogens (tertiary/aromatic N) is 1. The number of likely N-dealkylation sites (tertiary alicyclic amines) is 1. The van der Waals surface area contributed by atoms with E-state index in [2.05, 4.69) is 6.92 Å². The van der Waals surface area contributed by atoms with Crippen molar-refractivity contribution in [2.45, 2.75) is 24.7 Å². The van der Waals surface area contributed by atoms with Crippen LogP contribution >= 0.6 is 22.3 Å². The minimum absolute atomic E-state index is 0.114. The summed E-state index contributed by atoms with van der Waals surface area (Å²) in [6.45, 7) is 3.41. The minimum Gasteiger partial charge on any atom is -0.338 e. The van der Waals surface area contributed by atoms with Gasteiger partial charge in [0, 0.05) is 23.8 Å². The second-order valence-corrected chi connectivity index (χ2v) is 8.05. The molecule has 1 aliphatic rings. The minimum atomic E-state index is -3.87. The monoisotopic (exact) mass is 335 g/mol. The summed E-state index contributed by atoms with van der Waals surface area (Å²) >= 11 is 6.01. The van der Waals surface area contributed by atoms with Gasteiger partial charge >= 0.3 is 0 Å². The number of hydrogen-bond donors (Lipinski definition) is 0. The molecule has 1 heterocycles. The first-order valence-corrected chi connectivity index (χ1v) is 9.01. The molecule has 4 nitrogen and oxygen atoms in total. The zero-order valence-corrected chi connectivity index (χ0v) is 13.3. The van der Waals surface area contributed by atoms with E-state index >= 15 is 0 Å². The zero-order chi connectivity index (χ0) is 14.9. The first-order valence-electron chi connectivity index (χ1n) is 6.32. The van der Waals surface area contributed by atoms with Crippen LogP contribution in [0.5, 0.6) is 0 Å². The lowest BCUT2D eigenvalue weighted by Crippen LogP contribution is -2.39. The van der Waals surface area contributed by atoms with Gasteiger partial charge in [0.05, 0.1) is 15.5 Å². The van der Waals surface area contributed by atoms with E-state index in [1.54, 1.807) is 4.90 Å². The fourth-order valence-electron chi connectivity index (χ4n) is 2.36. The van der Waals surface area contributed by atoms with Crippen LogP contribution in [0, 0.1) is 5.92 Å². The van der Waals surface area contributed by atoms with Crippen LogP contribution in [-0.4, -0.2) is 32.3 Å². The molecule has 1 aromatic rings. The Bertz CT molecular complexity index is 631. The van der Waals surface area contributed by atoms with Crippen LogP contribution in [0.2, 0.25) is 5.02 Å². The fourth-order valence-corrected chi connectivity index (χ4v) is 3.34. The summed E-state index contributed by atoms with van der Waals surface area (Å²) in [4.78, 5) is 14.0. The zero-order valence-electron chi connectivity index (χ0n) is 11.0. The number of amides is 1. The largest absolute Gasteiger partial charge is 0.338 e. The summed E-state index contributed by atoms with van der Waals surface area (Å²) in [5.74, 6) is 0.190. The van der Waals surface area contributed by atoms with Crippen molar-refractivity contribution in [3.05, 3.63) is 28.8 Å². The summed E-state index contributed by atoms with van der Waals surface area (Å²) in [5, 5.41) is 0.234. The molecule has 1 fully saturated rings. The molecule has 0 saturated carbocycles. The predicted molar refractivity (Wildman–Crippen MR) is 78.8 cm³/mol. The highest BCUT2D eigenvalue weighted by molar-refractivity contribution is 8.13. The van der Waals surface area contributed by atoms with Crippen LogP contribution in [0.1, 0.15) is 30.1 Å². The number of halogens is 2. The van der Waals surface area contributed by atoms with Crippen LogP contribution in [0.25, 0.3) is 0 Å². The molecule has 1 aromatic carbocycles. The molecule has 0 radical (unpaired) electrons. The average Bonchev–Trinajstić information content (AvgIpc) is 2.37. The standard InChI is InChI=1S/C13H15Cl2NO3S/c1-9-3-2-6-16(8-9)13(17)11-7-10(20(15,18)19)4-5-12(11)14/h4-5,7,9H,2-3,6,8H2,1H3. The normalized spacial score (nSPS) is 19.9. The van der Waals surface area contributed by atoms with Crippen molar-refractivity contribution in [1.82, 2.24) is 4.90 Å². The predicted octanol–water partition coefficient (Wildman–Crippen LogP) is 3.14. The molecule has 0 bridgehead atoms. The van der Waals surface area contributed by atoms with Crippen molar-refractivity contribution < 1.29 is 13.2 Å². The second-order valence-electron chi connectivity index (χ2n) is 5.08. The van der Waals surface area contributed by atoms with Crippen molar-refractivity contribution in [3.63, 3.8) is 0 Å². The Morgan fingerprint density at radius 3 is 2.70 bits per heavy atom. The third kappa shape index (κ3) is 3.45. The third-order valence-electron chi connectivity index (χ3n) is 3.39. The van der Waals surface area contributed by atoms with Gasteiger partial charge in [-0.05, 0) is 37.0 Å². The van der Waals surface area contributed by atoms with E-state index in [9.17, 15) is 13.2 Å². The van der Waals surface area contributed by atoms with Crippen molar-refractivity contribution >= 4 is 37.2 Å². The molecular formula is C13H15Cl2NO3S. The molecule has 1 amide bonds. The summed E-state index contributed by atoms with van der Waals surface area (Å²) in [7, 11) is 1.43. The molecule has 110 valence electrons. The number of carbonyl (C=O) groups excluding carboxylic acids is 1. The highest BCUT2D eigenvalue weighted by Crippen LogP contribution is 2.26. The van der Waals surface area contributed by atoms with Crippen LogP contribution in [0.15, 0.2) is 23.1 Å². The van der Waals surface area contributed by atoms with Crippen LogP contribution in [0.3, 0.4) is 0 Å². The lowest BCUT2D eigenvalue weighted by Gasteiger charge is -2.31. The Morgan fingerprint density at radius 2 is 2.10 bits per heavy atom. The van der Waals surface area contributed by atoms with Gasteiger partial charge in [-0.3, -0.25) is 4.79 Å². The van der Waals surface area contributed by atoms with E-state index in [1.807, 2.05) is 0 Å². The van der Waals surface area contributed by atoms with E-state index < -0.39 is 9.05 Å². The lowest BCUT2D eigenvalue weighted by molar-refractivity contribution is 0.0683.